The molecule has 0 unspecified atom stereocenters. The Hall–Kier alpha value is -2.47. The number of benzene rings is 1. The van der Waals surface area contributed by atoms with Gasteiger partial charge < -0.3 is 15.0 Å². The van der Waals surface area contributed by atoms with Crippen molar-refractivity contribution >= 4 is 17.4 Å². The number of nitrogens with one attached hydrogen (secondary N) is 1. The number of aryl methyl sites for hydroxylation is 1. The molecule has 0 saturated heterocycles. The number of anilines is 2. The molecule has 0 aliphatic heterocycles. The lowest BCUT2D eigenvalue weighted by Crippen LogP contribution is -2.27. The summed E-state index contributed by atoms with van der Waals surface area (Å²) in [5.74, 6) is 1.10. The number of ether oxygens (including phenoxy) is 1. The monoisotopic (exact) mass is 328 g/mol. The lowest BCUT2D eigenvalue weighted by molar-refractivity contribution is 0.0943. The molecule has 1 aromatic carbocycles. The van der Waals surface area contributed by atoms with Gasteiger partial charge in [-0.15, -0.1) is 0 Å². The number of methoxy groups -OCH3 is 1. The van der Waals surface area contributed by atoms with Crippen LogP contribution in [0.2, 0.25) is 0 Å². The number of rotatable bonds is 8. The second-order valence-electron chi connectivity index (χ2n) is 5.34. The molecule has 24 heavy (non-hydrogen) atoms. The van der Waals surface area contributed by atoms with Crippen molar-refractivity contribution in [3.63, 3.8) is 0 Å². The fourth-order valence-electron chi connectivity index (χ4n) is 2.40. The van der Waals surface area contributed by atoms with E-state index in [1.165, 1.54) is 0 Å². The molecule has 0 aliphatic carbocycles. The zero-order chi connectivity index (χ0) is 17.4. The first-order valence-corrected chi connectivity index (χ1v) is 8.11. The van der Waals surface area contributed by atoms with E-state index in [-0.39, 0.29) is 5.91 Å². The lowest BCUT2D eigenvalue weighted by Gasteiger charge is -2.22. The number of nitrogens with zero attached hydrogens (tertiary/aromatic N) is 3. The van der Waals surface area contributed by atoms with Gasteiger partial charge in [0.15, 0.2) is 0 Å². The van der Waals surface area contributed by atoms with Crippen molar-refractivity contribution in [2.24, 2.45) is 0 Å². The highest BCUT2D eigenvalue weighted by Crippen LogP contribution is 2.23. The summed E-state index contributed by atoms with van der Waals surface area (Å²) in [5, 5.41) is 2.86. The van der Waals surface area contributed by atoms with Crippen LogP contribution in [0.1, 0.15) is 29.7 Å². The molecule has 1 heterocycles. The van der Waals surface area contributed by atoms with Crippen LogP contribution in [0.5, 0.6) is 0 Å². The highest BCUT2D eigenvalue weighted by atomic mass is 16.5. The number of carbonyl (C=O) groups is 1. The van der Waals surface area contributed by atoms with Crippen LogP contribution in [0.15, 0.2) is 36.4 Å². The topological polar surface area (TPSA) is 67.4 Å². The van der Waals surface area contributed by atoms with Crippen molar-refractivity contribution in [3.05, 3.63) is 47.9 Å². The molecule has 1 aromatic heterocycles. The van der Waals surface area contributed by atoms with Crippen molar-refractivity contribution in [3.8, 4) is 0 Å². The first-order chi connectivity index (χ1) is 11.7. The Kier molecular flexibility index (Phi) is 6.69. The van der Waals surface area contributed by atoms with E-state index in [0.29, 0.717) is 24.7 Å². The molecule has 2 rings (SSSR count). The summed E-state index contributed by atoms with van der Waals surface area (Å²) in [6, 6.07) is 11.7. The van der Waals surface area contributed by atoms with Crippen molar-refractivity contribution in [1.29, 1.82) is 0 Å². The second kappa shape index (κ2) is 8.98. The zero-order valence-corrected chi connectivity index (χ0v) is 14.5. The lowest BCUT2D eigenvalue weighted by atomic mass is 10.2. The van der Waals surface area contributed by atoms with E-state index in [4.69, 9.17) is 4.74 Å². The molecule has 0 spiro atoms. The van der Waals surface area contributed by atoms with Gasteiger partial charge >= 0.3 is 0 Å². The molecule has 0 radical (unpaired) electrons. The Bertz CT molecular complexity index is 661. The van der Waals surface area contributed by atoms with Gasteiger partial charge in [0.2, 0.25) is 0 Å². The molecule has 1 amide bonds. The average molecular weight is 328 g/mol. The summed E-state index contributed by atoms with van der Waals surface area (Å²) in [6.45, 7) is 5.77. The standard InChI is InChI=1S/C18H24N4O2/c1-4-22(15-9-6-5-7-10-15)17-13-16(20-14(2)21-17)18(23)19-11-8-12-24-3/h5-7,9-10,13H,4,8,11-12H2,1-3H3,(H,19,23). The number of para-hydroxylation sites is 1. The Morgan fingerprint density at radius 1 is 1.25 bits per heavy atom. The highest BCUT2D eigenvalue weighted by Gasteiger charge is 2.14. The fraction of sp³-hybridized carbons (Fsp3) is 0.389. The predicted octanol–water partition coefficient (Wildman–Crippen LogP) is 2.71. The van der Waals surface area contributed by atoms with E-state index < -0.39 is 0 Å². The molecule has 0 saturated carbocycles. The van der Waals surface area contributed by atoms with E-state index in [9.17, 15) is 4.79 Å². The minimum Gasteiger partial charge on any atom is -0.385 e. The number of hydrogen-bond donors (Lipinski definition) is 1. The normalized spacial score (nSPS) is 10.5. The molecular weight excluding hydrogens is 304 g/mol. The molecule has 6 heteroatoms. The molecule has 128 valence electrons. The van der Waals surface area contributed by atoms with Crippen LogP contribution in [-0.4, -0.2) is 42.7 Å². The van der Waals surface area contributed by atoms with Gasteiger partial charge in [-0.25, -0.2) is 9.97 Å². The summed E-state index contributed by atoms with van der Waals surface area (Å²) >= 11 is 0. The smallest absolute Gasteiger partial charge is 0.270 e. The van der Waals surface area contributed by atoms with E-state index in [1.807, 2.05) is 30.3 Å². The number of amides is 1. The maximum Gasteiger partial charge on any atom is 0.270 e. The van der Waals surface area contributed by atoms with Gasteiger partial charge in [0.05, 0.1) is 0 Å². The van der Waals surface area contributed by atoms with E-state index in [2.05, 4.69) is 27.1 Å². The van der Waals surface area contributed by atoms with Gasteiger partial charge in [-0.05, 0) is 32.4 Å². The van der Waals surface area contributed by atoms with Gasteiger partial charge in [-0.2, -0.15) is 0 Å². The van der Waals surface area contributed by atoms with Crippen LogP contribution in [0.25, 0.3) is 0 Å². The molecule has 2 aromatic rings. The summed E-state index contributed by atoms with van der Waals surface area (Å²) in [5.41, 5.74) is 1.41. The molecule has 0 bridgehead atoms. The third kappa shape index (κ3) is 4.76. The molecule has 0 atom stereocenters. The van der Waals surface area contributed by atoms with Gasteiger partial charge in [0.25, 0.3) is 5.91 Å². The number of carbonyl (C=O) groups excluding carboxylic acids is 1. The highest BCUT2D eigenvalue weighted by molar-refractivity contribution is 5.93. The molecular formula is C18H24N4O2. The van der Waals surface area contributed by atoms with E-state index >= 15 is 0 Å². The Morgan fingerprint density at radius 2 is 2.00 bits per heavy atom. The minimum atomic E-state index is -0.193. The summed E-state index contributed by atoms with van der Waals surface area (Å²) < 4.78 is 4.98. The van der Waals surface area contributed by atoms with Gasteiger partial charge in [0.1, 0.15) is 17.3 Å². The minimum absolute atomic E-state index is 0.193. The Morgan fingerprint density at radius 3 is 2.67 bits per heavy atom. The predicted molar refractivity (Wildman–Crippen MR) is 94.7 cm³/mol. The van der Waals surface area contributed by atoms with Gasteiger partial charge in [-0.3, -0.25) is 4.79 Å². The van der Waals surface area contributed by atoms with Crippen LogP contribution < -0.4 is 10.2 Å². The zero-order valence-electron chi connectivity index (χ0n) is 14.5. The quantitative estimate of drug-likeness (QED) is 0.755. The van der Waals surface area contributed by atoms with Crippen molar-refractivity contribution in [2.75, 3.05) is 31.7 Å². The maximum atomic E-state index is 12.3. The van der Waals surface area contributed by atoms with Crippen LogP contribution >= 0.6 is 0 Å². The van der Waals surface area contributed by atoms with Crippen molar-refractivity contribution in [2.45, 2.75) is 20.3 Å². The third-order valence-electron chi connectivity index (χ3n) is 3.53. The summed E-state index contributed by atoms with van der Waals surface area (Å²) in [6.07, 6.45) is 0.768. The molecule has 6 nitrogen and oxygen atoms in total. The Balaban J connectivity index is 2.19. The average Bonchev–Trinajstić information content (AvgIpc) is 2.60. The SMILES string of the molecule is CCN(c1ccccc1)c1cc(C(=O)NCCCOC)nc(C)n1. The summed E-state index contributed by atoms with van der Waals surface area (Å²) in [7, 11) is 1.64. The molecule has 0 fully saturated rings. The van der Waals surface area contributed by atoms with E-state index in [1.54, 1.807) is 20.1 Å². The van der Waals surface area contributed by atoms with Gasteiger partial charge in [0, 0.05) is 38.6 Å². The Labute approximate surface area is 142 Å². The molecule has 1 N–H and O–H groups in total. The third-order valence-corrected chi connectivity index (χ3v) is 3.53. The largest absolute Gasteiger partial charge is 0.385 e. The van der Waals surface area contributed by atoms with Crippen LogP contribution in [0.4, 0.5) is 11.5 Å². The first kappa shape index (κ1) is 17.9. The van der Waals surface area contributed by atoms with Crippen LogP contribution in [-0.2, 0) is 4.74 Å². The second-order valence-corrected chi connectivity index (χ2v) is 5.34. The van der Waals surface area contributed by atoms with Crippen molar-refractivity contribution in [1.82, 2.24) is 15.3 Å². The van der Waals surface area contributed by atoms with Crippen LogP contribution in [0, 0.1) is 6.92 Å². The maximum absolute atomic E-state index is 12.3. The van der Waals surface area contributed by atoms with Crippen LogP contribution in [0.3, 0.4) is 0 Å². The van der Waals surface area contributed by atoms with Gasteiger partial charge in [-0.1, -0.05) is 18.2 Å². The first-order valence-electron chi connectivity index (χ1n) is 8.11. The fourth-order valence-corrected chi connectivity index (χ4v) is 2.40. The van der Waals surface area contributed by atoms with E-state index in [0.717, 1.165) is 24.5 Å². The molecule has 0 aliphatic rings. The number of hydrogen-bond acceptors (Lipinski definition) is 5. The summed E-state index contributed by atoms with van der Waals surface area (Å²) in [4.78, 5) is 23.1. The van der Waals surface area contributed by atoms with Crippen molar-refractivity contribution < 1.29 is 9.53 Å². The number of aromatic nitrogens is 2.